The predicted molar refractivity (Wildman–Crippen MR) is 293 cm³/mol. The number of nitrogens with zero attached hydrogens (tertiary/aromatic N) is 6. The van der Waals surface area contributed by atoms with Gasteiger partial charge in [0.2, 0.25) is 0 Å². The van der Waals surface area contributed by atoms with Gasteiger partial charge in [0.15, 0.2) is 21.0 Å². The van der Waals surface area contributed by atoms with Crippen LogP contribution in [0.15, 0.2) is 170 Å². The molecule has 5 heterocycles. The smallest absolute Gasteiger partial charge is 0.192 e. The molecule has 0 bridgehead atoms. The molecule has 8 heteroatoms. The lowest BCUT2D eigenvalue weighted by Gasteiger charge is -2.27. The highest BCUT2D eigenvalue weighted by atomic mass is 32.1. The van der Waals surface area contributed by atoms with Crippen molar-refractivity contribution in [1.29, 1.82) is 0 Å². The fourth-order valence-corrected chi connectivity index (χ4v) is 13.2. The third kappa shape index (κ3) is 7.29. The van der Waals surface area contributed by atoms with Gasteiger partial charge in [-0.3, -0.25) is 0 Å². The maximum atomic E-state index is 5.14. The van der Waals surface area contributed by atoms with Crippen LogP contribution in [0, 0.1) is 27.7 Å². The minimum Gasteiger partial charge on any atom is -0.310 e. The van der Waals surface area contributed by atoms with Gasteiger partial charge in [-0.1, -0.05) is 144 Å². The van der Waals surface area contributed by atoms with E-state index in [1.807, 2.05) is 0 Å². The van der Waals surface area contributed by atoms with Crippen LogP contribution in [0.1, 0.15) is 44.5 Å². The summed E-state index contributed by atoms with van der Waals surface area (Å²) in [5.41, 5.74) is 25.7. The van der Waals surface area contributed by atoms with Crippen molar-refractivity contribution in [2.75, 3.05) is 9.80 Å². The minimum atomic E-state index is 0.635. The van der Waals surface area contributed by atoms with E-state index in [-0.39, 0.29) is 0 Å². The molecule has 0 saturated heterocycles. The molecule has 338 valence electrons. The molecule has 2 aliphatic rings. The van der Waals surface area contributed by atoms with E-state index in [1.165, 1.54) is 89.5 Å². The van der Waals surface area contributed by atoms with Crippen LogP contribution in [0.2, 0.25) is 0 Å². The minimum absolute atomic E-state index is 0.635. The molecule has 70 heavy (non-hydrogen) atoms. The Labute approximate surface area is 416 Å². The Kier molecular flexibility index (Phi) is 10.3. The summed E-state index contributed by atoms with van der Waals surface area (Å²) < 4.78 is 0. The highest BCUT2D eigenvalue weighted by Crippen LogP contribution is 2.46. The number of anilines is 6. The summed E-state index contributed by atoms with van der Waals surface area (Å²) in [5.74, 6) is 0. The van der Waals surface area contributed by atoms with Crippen molar-refractivity contribution in [3.63, 3.8) is 0 Å². The van der Waals surface area contributed by atoms with Crippen LogP contribution < -0.4 is 9.80 Å². The van der Waals surface area contributed by atoms with E-state index in [0.29, 0.717) is 11.3 Å². The summed E-state index contributed by atoms with van der Waals surface area (Å²) in [6, 6.07) is 62.4. The maximum absolute atomic E-state index is 5.14. The molecule has 8 aromatic carbocycles. The second kappa shape index (κ2) is 17.0. The number of aromatic nitrogens is 4. The standard InChI is InChI=1S/C62H48N6S2/c1-37-31-47(45-19-13-21-49(35-45)67-51-23-9-5-15-41(51)27-28-42-16-6-10-24-52(42)67)32-38(2)55(37)59-64-57-61(69-59)66-62-58(63-57)65-60(70-62)56-39(3)33-48(34-40(56)4)46-20-14-22-50(36-46)68-53-25-11-7-17-43(53)29-30-44-18-8-12-26-54(44)68/h5-26,31-36H,27-30H2,1-4H3. The molecule has 0 aliphatic carbocycles. The van der Waals surface area contributed by atoms with Crippen molar-refractivity contribution >= 4 is 77.8 Å². The van der Waals surface area contributed by atoms with Crippen LogP contribution in [-0.4, -0.2) is 19.9 Å². The molecule has 0 saturated carbocycles. The Hall–Kier alpha value is -7.78. The summed E-state index contributed by atoms with van der Waals surface area (Å²) in [5, 5.41) is 1.85. The van der Waals surface area contributed by atoms with Crippen molar-refractivity contribution < 1.29 is 0 Å². The molecule has 2 aliphatic heterocycles. The number of benzene rings is 8. The molecule has 3 aromatic heterocycles. The lowest BCUT2D eigenvalue weighted by atomic mass is 9.95. The Morgan fingerprint density at radius 1 is 0.343 bits per heavy atom. The first kappa shape index (κ1) is 42.3. The van der Waals surface area contributed by atoms with Crippen LogP contribution in [0.4, 0.5) is 34.1 Å². The Morgan fingerprint density at radius 3 is 1.04 bits per heavy atom. The van der Waals surface area contributed by atoms with Gasteiger partial charge in [-0.15, -0.1) is 0 Å². The van der Waals surface area contributed by atoms with Crippen molar-refractivity contribution in [3.05, 3.63) is 214 Å². The van der Waals surface area contributed by atoms with E-state index in [1.54, 1.807) is 22.7 Å². The monoisotopic (exact) mass is 940 g/mol. The first-order chi connectivity index (χ1) is 34.3. The number of hydrogen-bond donors (Lipinski definition) is 0. The van der Waals surface area contributed by atoms with E-state index >= 15 is 0 Å². The van der Waals surface area contributed by atoms with Crippen LogP contribution in [0.5, 0.6) is 0 Å². The number of para-hydroxylation sites is 4. The number of aryl methyl sites for hydroxylation is 8. The van der Waals surface area contributed by atoms with E-state index in [9.17, 15) is 0 Å². The SMILES string of the molecule is Cc1cc(-c2cccc(N3c4ccccc4CCc4ccccc43)c2)cc(C)c1-c1nc2nc3nc(-c4c(C)cc(-c5cccc(N6c7ccccc7CCc7ccccc76)c5)cc4C)sc3nc2s1. The van der Waals surface area contributed by atoms with Gasteiger partial charge in [-0.2, -0.15) is 0 Å². The highest BCUT2D eigenvalue weighted by Gasteiger charge is 2.25. The van der Waals surface area contributed by atoms with Gasteiger partial charge in [-0.25, -0.2) is 19.9 Å². The fourth-order valence-electron chi connectivity index (χ4n) is 11.0. The molecule has 0 spiro atoms. The van der Waals surface area contributed by atoms with Crippen LogP contribution in [0.25, 0.3) is 64.4 Å². The van der Waals surface area contributed by atoms with Gasteiger partial charge >= 0.3 is 0 Å². The van der Waals surface area contributed by atoms with Crippen LogP contribution >= 0.6 is 22.7 Å². The van der Waals surface area contributed by atoms with E-state index < -0.39 is 0 Å². The van der Waals surface area contributed by atoms with Crippen molar-refractivity contribution in [2.45, 2.75) is 53.4 Å². The van der Waals surface area contributed by atoms with Crippen molar-refractivity contribution in [1.82, 2.24) is 19.9 Å². The van der Waals surface area contributed by atoms with Gasteiger partial charge in [0, 0.05) is 45.3 Å². The fraction of sp³-hybridized carbons (Fsp3) is 0.129. The van der Waals surface area contributed by atoms with Crippen LogP contribution in [-0.2, 0) is 25.7 Å². The topological polar surface area (TPSA) is 58.0 Å². The molecule has 0 radical (unpaired) electrons. The summed E-state index contributed by atoms with van der Waals surface area (Å²) in [6.07, 6.45) is 4.08. The Bertz CT molecular complexity index is 3440. The summed E-state index contributed by atoms with van der Waals surface area (Å²) >= 11 is 3.21. The average Bonchev–Trinajstić information content (AvgIpc) is 3.87. The van der Waals surface area contributed by atoms with E-state index in [4.69, 9.17) is 19.9 Å². The molecule has 13 rings (SSSR count). The Morgan fingerprint density at radius 2 is 0.686 bits per heavy atom. The third-order valence-electron chi connectivity index (χ3n) is 14.2. The van der Waals surface area contributed by atoms with Gasteiger partial charge in [-0.05, 0) is 169 Å². The lowest BCUT2D eigenvalue weighted by molar-refractivity contribution is 0.977. The van der Waals surface area contributed by atoms with Gasteiger partial charge < -0.3 is 9.80 Å². The first-order valence-electron chi connectivity index (χ1n) is 24.1. The molecule has 0 unspecified atom stereocenters. The number of thiazole rings is 2. The number of fused-ring (bicyclic) bond motifs is 6. The highest BCUT2D eigenvalue weighted by molar-refractivity contribution is 7.23. The normalized spacial score (nSPS) is 13.1. The second-order valence-electron chi connectivity index (χ2n) is 18.8. The molecular weight excluding hydrogens is 893 g/mol. The average molecular weight is 941 g/mol. The van der Waals surface area contributed by atoms with Gasteiger partial charge in [0.25, 0.3) is 0 Å². The predicted octanol–water partition coefficient (Wildman–Crippen LogP) is 16.7. The molecule has 11 aromatic rings. The third-order valence-corrected chi connectivity index (χ3v) is 16.1. The number of hydrogen-bond acceptors (Lipinski definition) is 8. The molecule has 0 fully saturated rings. The zero-order valence-electron chi connectivity index (χ0n) is 39.5. The number of rotatable bonds is 6. The van der Waals surface area contributed by atoms with Gasteiger partial charge in [0.05, 0.1) is 0 Å². The Balaban J connectivity index is 0.794. The van der Waals surface area contributed by atoms with Crippen LogP contribution in [0.3, 0.4) is 0 Å². The molecule has 6 nitrogen and oxygen atoms in total. The van der Waals surface area contributed by atoms with E-state index in [2.05, 4.69) is 207 Å². The summed E-state index contributed by atoms with van der Waals surface area (Å²) in [6.45, 7) is 8.77. The summed E-state index contributed by atoms with van der Waals surface area (Å²) in [7, 11) is 0. The lowest BCUT2D eigenvalue weighted by Crippen LogP contribution is -2.11. The molecule has 0 N–H and O–H groups in total. The van der Waals surface area contributed by atoms with Crippen molar-refractivity contribution in [2.24, 2.45) is 0 Å². The quantitative estimate of drug-likeness (QED) is 0.166. The van der Waals surface area contributed by atoms with Crippen molar-refractivity contribution in [3.8, 4) is 43.4 Å². The first-order valence-corrected chi connectivity index (χ1v) is 25.8. The largest absolute Gasteiger partial charge is 0.310 e. The summed E-state index contributed by atoms with van der Waals surface area (Å²) in [4.78, 5) is 26.9. The van der Waals surface area contributed by atoms with E-state index in [0.717, 1.165) is 67.9 Å². The van der Waals surface area contributed by atoms with Gasteiger partial charge in [0.1, 0.15) is 10.0 Å². The second-order valence-corrected chi connectivity index (χ2v) is 20.7. The zero-order chi connectivity index (χ0) is 47.0. The molecule has 0 amide bonds. The molecule has 0 atom stereocenters. The maximum Gasteiger partial charge on any atom is 0.192 e. The molecular formula is C62H48N6S2. The zero-order valence-corrected chi connectivity index (χ0v) is 41.1.